The van der Waals surface area contributed by atoms with E-state index in [9.17, 15) is 13.2 Å². The van der Waals surface area contributed by atoms with Gasteiger partial charge in [0.25, 0.3) is 0 Å². The lowest BCUT2D eigenvalue weighted by Gasteiger charge is -2.32. The number of carbonyl (C=O) groups is 1. The van der Waals surface area contributed by atoms with E-state index in [0.29, 0.717) is 50.5 Å². The molecule has 1 amide bonds. The molecule has 25 heavy (non-hydrogen) atoms. The molecule has 0 bridgehead atoms. The van der Waals surface area contributed by atoms with Crippen molar-refractivity contribution in [1.82, 2.24) is 19.3 Å². The van der Waals surface area contributed by atoms with Crippen molar-refractivity contribution in [3.8, 4) is 0 Å². The van der Waals surface area contributed by atoms with E-state index in [1.54, 1.807) is 11.9 Å². The second kappa shape index (κ2) is 8.75. The maximum atomic E-state index is 12.6. The van der Waals surface area contributed by atoms with Crippen LogP contribution < -0.4 is 0 Å². The Morgan fingerprint density at radius 1 is 1.32 bits per heavy atom. The van der Waals surface area contributed by atoms with Gasteiger partial charge in [0.1, 0.15) is 0 Å². The van der Waals surface area contributed by atoms with E-state index in [4.69, 9.17) is 4.52 Å². The van der Waals surface area contributed by atoms with Gasteiger partial charge >= 0.3 is 0 Å². The van der Waals surface area contributed by atoms with Crippen LogP contribution in [0, 0.1) is 5.92 Å². The zero-order valence-corrected chi connectivity index (χ0v) is 16.1. The normalized spacial score (nSPS) is 16.9. The lowest BCUT2D eigenvalue weighted by Crippen LogP contribution is -2.44. The minimum absolute atomic E-state index is 0.00172. The van der Waals surface area contributed by atoms with Crippen LogP contribution in [0.15, 0.2) is 4.52 Å². The first kappa shape index (κ1) is 19.8. The fourth-order valence-corrected chi connectivity index (χ4v) is 4.61. The monoisotopic (exact) mass is 372 g/mol. The second-order valence-electron chi connectivity index (χ2n) is 6.50. The Labute approximate surface area is 149 Å². The smallest absolute Gasteiger partial charge is 0.246 e. The molecule has 0 unspecified atom stereocenters. The molecule has 9 heteroatoms. The highest BCUT2D eigenvalue weighted by molar-refractivity contribution is 7.89. The van der Waals surface area contributed by atoms with E-state index in [1.165, 1.54) is 4.31 Å². The van der Waals surface area contributed by atoms with Crippen molar-refractivity contribution in [3.05, 3.63) is 11.7 Å². The third-order valence-electron chi connectivity index (χ3n) is 4.53. The van der Waals surface area contributed by atoms with Gasteiger partial charge in [-0.15, -0.1) is 0 Å². The van der Waals surface area contributed by atoms with Crippen LogP contribution >= 0.6 is 0 Å². The Morgan fingerprint density at radius 3 is 2.56 bits per heavy atom. The molecule has 0 aromatic carbocycles. The number of carbonyl (C=O) groups excluding carboxylic acids is 1. The molecule has 0 N–H and O–H groups in total. The topological polar surface area (TPSA) is 96.6 Å². The van der Waals surface area contributed by atoms with Gasteiger partial charge < -0.3 is 9.42 Å². The first-order valence-electron chi connectivity index (χ1n) is 8.91. The van der Waals surface area contributed by atoms with Crippen LogP contribution in [0.4, 0.5) is 0 Å². The van der Waals surface area contributed by atoms with Gasteiger partial charge in [0.05, 0.1) is 12.3 Å². The maximum Gasteiger partial charge on any atom is 0.246 e. The summed E-state index contributed by atoms with van der Waals surface area (Å²) in [7, 11) is -1.48. The van der Waals surface area contributed by atoms with Gasteiger partial charge in [-0.1, -0.05) is 25.4 Å². The van der Waals surface area contributed by atoms with Gasteiger partial charge in [-0.25, -0.2) is 12.7 Å². The highest BCUT2D eigenvalue weighted by Crippen LogP contribution is 2.22. The summed E-state index contributed by atoms with van der Waals surface area (Å²) in [6.07, 6.45) is 3.32. The quantitative estimate of drug-likeness (QED) is 0.685. The van der Waals surface area contributed by atoms with Gasteiger partial charge in [0, 0.05) is 32.5 Å². The molecular formula is C16H28N4O4S. The number of hydrogen-bond donors (Lipinski definition) is 0. The maximum absolute atomic E-state index is 12.6. The third kappa shape index (κ3) is 5.24. The fourth-order valence-electron chi connectivity index (χ4n) is 2.93. The summed E-state index contributed by atoms with van der Waals surface area (Å²) in [6, 6.07) is 0. The molecule has 1 aromatic heterocycles. The number of aromatic nitrogens is 2. The van der Waals surface area contributed by atoms with E-state index >= 15 is 0 Å². The molecule has 2 rings (SSSR count). The largest absolute Gasteiger partial charge is 0.337 e. The number of amides is 1. The Balaban J connectivity index is 1.85. The van der Waals surface area contributed by atoms with Gasteiger partial charge in [0.2, 0.25) is 21.8 Å². The zero-order valence-electron chi connectivity index (χ0n) is 15.3. The van der Waals surface area contributed by atoms with Gasteiger partial charge in [0.15, 0.2) is 5.82 Å². The molecule has 1 aliphatic heterocycles. The second-order valence-corrected chi connectivity index (χ2v) is 8.58. The lowest BCUT2D eigenvalue weighted by molar-refractivity contribution is -0.136. The predicted octanol–water partition coefficient (Wildman–Crippen LogP) is 1.43. The summed E-state index contributed by atoms with van der Waals surface area (Å²) in [5, 5.41) is 3.82. The number of piperidine rings is 1. The highest BCUT2D eigenvalue weighted by atomic mass is 32.2. The van der Waals surface area contributed by atoms with Crippen LogP contribution in [0.5, 0.6) is 0 Å². The molecule has 1 saturated heterocycles. The van der Waals surface area contributed by atoms with Crippen molar-refractivity contribution in [2.45, 2.75) is 52.5 Å². The molecule has 0 atom stereocenters. The summed E-state index contributed by atoms with van der Waals surface area (Å²) < 4.78 is 31.1. The number of nitrogens with zero attached hydrogens (tertiary/aromatic N) is 4. The number of sulfonamides is 1. The summed E-state index contributed by atoms with van der Waals surface area (Å²) in [5.41, 5.74) is 0. The molecular weight excluding hydrogens is 344 g/mol. The van der Waals surface area contributed by atoms with E-state index < -0.39 is 10.0 Å². The number of aryl methyl sites for hydroxylation is 1. The Kier molecular flexibility index (Phi) is 6.95. The van der Waals surface area contributed by atoms with Gasteiger partial charge in [-0.3, -0.25) is 4.79 Å². The molecule has 0 radical (unpaired) electrons. The van der Waals surface area contributed by atoms with Crippen molar-refractivity contribution < 1.29 is 17.7 Å². The van der Waals surface area contributed by atoms with E-state index in [-0.39, 0.29) is 24.1 Å². The molecule has 0 saturated carbocycles. The van der Waals surface area contributed by atoms with Crippen molar-refractivity contribution in [3.63, 3.8) is 0 Å². The van der Waals surface area contributed by atoms with Crippen LogP contribution in [0.2, 0.25) is 0 Å². The number of rotatable bonds is 8. The summed E-state index contributed by atoms with van der Waals surface area (Å²) in [6.45, 7) is 5.02. The van der Waals surface area contributed by atoms with Crippen molar-refractivity contribution in [1.29, 1.82) is 0 Å². The molecule has 1 aromatic rings. The summed E-state index contributed by atoms with van der Waals surface area (Å²) in [4.78, 5) is 18.4. The zero-order chi connectivity index (χ0) is 18.4. The standard InChI is InChI=1S/C16H28N4O4S/c1-4-6-11-25(22,23)20-9-7-13(8-10-20)16(21)19(3)12-15-17-14(5-2)18-24-15/h13H,4-12H2,1-3H3. The molecule has 0 spiro atoms. The average Bonchev–Trinajstić information content (AvgIpc) is 3.07. The minimum atomic E-state index is -3.19. The van der Waals surface area contributed by atoms with Crippen molar-refractivity contribution in [2.24, 2.45) is 5.92 Å². The van der Waals surface area contributed by atoms with Crippen molar-refractivity contribution >= 4 is 15.9 Å². The molecule has 142 valence electrons. The molecule has 8 nitrogen and oxygen atoms in total. The molecule has 1 aliphatic rings. The highest BCUT2D eigenvalue weighted by Gasteiger charge is 2.32. The van der Waals surface area contributed by atoms with Crippen LogP contribution in [0.25, 0.3) is 0 Å². The summed E-state index contributed by atoms with van der Waals surface area (Å²) in [5.74, 6) is 1.09. The van der Waals surface area contributed by atoms with Gasteiger partial charge in [-0.2, -0.15) is 4.98 Å². The van der Waals surface area contributed by atoms with Crippen molar-refractivity contribution in [2.75, 3.05) is 25.9 Å². The first-order valence-corrected chi connectivity index (χ1v) is 10.5. The predicted molar refractivity (Wildman–Crippen MR) is 93.1 cm³/mol. The number of unbranched alkanes of at least 4 members (excludes halogenated alkanes) is 1. The third-order valence-corrected chi connectivity index (χ3v) is 6.48. The Bertz CT molecular complexity index is 665. The van der Waals surface area contributed by atoms with E-state index in [2.05, 4.69) is 10.1 Å². The first-order chi connectivity index (χ1) is 11.9. The van der Waals surface area contributed by atoms with Crippen LogP contribution in [-0.2, 0) is 27.8 Å². The van der Waals surface area contributed by atoms with Crippen LogP contribution in [0.3, 0.4) is 0 Å². The average molecular weight is 372 g/mol. The SMILES string of the molecule is CCCCS(=O)(=O)N1CCC(C(=O)N(C)Cc2nc(CC)no2)CC1. The lowest BCUT2D eigenvalue weighted by atomic mass is 9.97. The van der Waals surface area contributed by atoms with Gasteiger partial charge in [-0.05, 0) is 19.3 Å². The Morgan fingerprint density at radius 2 is 2.00 bits per heavy atom. The Hall–Kier alpha value is -1.48. The van der Waals surface area contributed by atoms with E-state index in [1.807, 2.05) is 13.8 Å². The van der Waals surface area contributed by atoms with Crippen LogP contribution in [-0.4, -0.2) is 59.6 Å². The summed E-state index contributed by atoms with van der Waals surface area (Å²) >= 11 is 0. The molecule has 0 aliphatic carbocycles. The van der Waals surface area contributed by atoms with Crippen LogP contribution in [0.1, 0.15) is 51.2 Å². The molecule has 2 heterocycles. The molecule has 1 fully saturated rings. The fraction of sp³-hybridized carbons (Fsp3) is 0.812. The van der Waals surface area contributed by atoms with E-state index in [0.717, 1.165) is 6.42 Å². The minimum Gasteiger partial charge on any atom is -0.337 e. The number of hydrogen-bond acceptors (Lipinski definition) is 6.